The minimum atomic E-state index is 1.02. The van der Waals surface area contributed by atoms with E-state index < -0.39 is 0 Å². The standard InChI is InChI=1S/C4H7I/c1-3-2-4(3)5/h3-4H,2H2,1H3/t3-,4?/m1/s1. The van der Waals surface area contributed by atoms with Gasteiger partial charge < -0.3 is 0 Å². The lowest BCUT2D eigenvalue weighted by molar-refractivity contribution is 0.994. The average molecular weight is 182 g/mol. The minimum absolute atomic E-state index is 1.02. The van der Waals surface area contributed by atoms with Crippen LogP contribution in [0.5, 0.6) is 0 Å². The van der Waals surface area contributed by atoms with Gasteiger partial charge in [-0.05, 0) is 12.3 Å². The molecule has 0 spiro atoms. The molecule has 0 heterocycles. The lowest BCUT2D eigenvalue weighted by atomic mass is 10.5. The van der Waals surface area contributed by atoms with Gasteiger partial charge in [0.15, 0.2) is 0 Å². The maximum absolute atomic E-state index is 2.48. The van der Waals surface area contributed by atoms with Crippen LogP contribution in [0.2, 0.25) is 0 Å². The molecular formula is C4H7I. The second-order valence-electron chi connectivity index (χ2n) is 1.73. The van der Waals surface area contributed by atoms with E-state index in [1.807, 2.05) is 0 Å². The van der Waals surface area contributed by atoms with Crippen LogP contribution in [0.1, 0.15) is 13.3 Å². The summed E-state index contributed by atoms with van der Waals surface area (Å²) in [7, 11) is 0. The van der Waals surface area contributed by atoms with E-state index in [1.165, 1.54) is 6.42 Å². The van der Waals surface area contributed by atoms with Gasteiger partial charge in [0.2, 0.25) is 0 Å². The van der Waals surface area contributed by atoms with E-state index in [1.54, 1.807) is 0 Å². The molecular weight excluding hydrogens is 175 g/mol. The molecule has 0 bridgehead atoms. The van der Waals surface area contributed by atoms with E-state index >= 15 is 0 Å². The molecule has 1 aliphatic carbocycles. The van der Waals surface area contributed by atoms with Gasteiger partial charge >= 0.3 is 0 Å². The van der Waals surface area contributed by atoms with Gasteiger partial charge in [-0.1, -0.05) is 29.5 Å². The highest BCUT2D eigenvalue weighted by atomic mass is 127. The Morgan fingerprint density at radius 3 is 2.00 bits per heavy atom. The van der Waals surface area contributed by atoms with Crippen molar-refractivity contribution in [2.75, 3.05) is 0 Å². The highest BCUT2D eigenvalue weighted by Crippen LogP contribution is 2.36. The minimum Gasteiger partial charge on any atom is -0.0823 e. The van der Waals surface area contributed by atoms with Crippen molar-refractivity contribution in [1.82, 2.24) is 0 Å². The lowest BCUT2D eigenvalue weighted by Gasteiger charge is -1.64. The van der Waals surface area contributed by atoms with Crippen LogP contribution in [-0.2, 0) is 0 Å². The quantitative estimate of drug-likeness (QED) is 0.396. The van der Waals surface area contributed by atoms with Gasteiger partial charge in [0.1, 0.15) is 0 Å². The van der Waals surface area contributed by atoms with Gasteiger partial charge in [-0.3, -0.25) is 0 Å². The molecule has 0 aromatic heterocycles. The van der Waals surface area contributed by atoms with E-state index in [2.05, 4.69) is 29.5 Å². The van der Waals surface area contributed by atoms with Gasteiger partial charge in [0.05, 0.1) is 0 Å². The zero-order chi connectivity index (χ0) is 3.86. The first-order valence-electron chi connectivity index (χ1n) is 1.95. The van der Waals surface area contributed by atoms with Crippen molar-refractivity contribution in [1.29, 1.82) is 0 Å². The summed E-state index contributed by atoms with van der Waals surface area (Å²) in [6.45, 7) is 2.29. The van der Waals surface area contributed by atoms with Crippen molar-refractivity contribution in [2.24, 2.45) is 5.92 Å². The van der Waals surface area contributed by atoms with Crippen molar-refractivity contribution in [3.05, 3.63) is 0 Å². The van der Waals surface area contributed by atoms with Crippen LogP contribution in [-0.4, -0.2) is 3.92 Å². The molecule has 0 aromatic carbocycles. The first kappa shape index (κ1) is 3.90. The van der Waals surface area contributed by atoms with Crippen LogP contribution in [0, 0.1) is 5.92 Å². The van der Waals surface area contributed by atoms with E-state index in [-0.39, 0.29) is 0 Å². The predicted molar refractivity (Wildman–Crippen MR) is 31.6 cm³/mol. The normalized spacial score (nSPS) is 49.2. The van der Waals surface area contributed by atoms with Gasteiger partial charge in [0, 0.05) is 3.92 Å². The molecule has 2 atom stereocenters. The first-order valence-corrected chi connectivity index (χ1v) is 3.19. The Labute approximate surface area is 46.1 Å². The van der Waals surface area contributed by atoms with Crippen LogP contribution in [0.15, 0.2) is 0 Å². The summed E-state index contributed by atoms with van der Waals surface area (Å²) in [6, 6.07) is 0. The van der Waals surface area contributed by atoms with Crippen LogP contribution < -0.4 is 0 Å². The molecule has 5 heavy (non-hydrogen) atoms. The first-order chi connectivity index (χ1) is 2.30. The fraction of sp³-hybridized carbons (Fsp3) is 1.00. The summed E-state index contributed by atoms with van der Waals surface area (Å²) in [4.78, 5) is 0. The number of rotatable bonds is 0. The number of hydrogen-bond acceptors (Lipinski definition) is 0. The van der Waals surface area contributed by atoms with Gasteiger partial charge in [-0.25, -0.2) is 0 Å². The van der Waals surface area contributed by atoms with Gasteiger partial charge in [0.25, 0.3) is 0 Å². The molecule has 0 nitrogen and oxygen atoms in total. The van der Waals surface area contributed by atoms with Crippen molar-refractivity contribution in [2.45, 2.75) is 17.3 Å². The molecule has 1 heteroatoms. The average Bonchev–Trinajstić information content (AvgIpc) is 1.79. The third-order valence-electron chi connectivity index (χ3n) is 1.01. The summed E-state index contributed by atoms with van der Waals surface area (Å²) >= 11 is 2.48. The molecule has 0 saturated heterocycles. The zero-order valence-electron chi connectivity index (χ0n) is 3.24. The van der Waals surface area contributed by atoms with E-state index in [0.29, 0.717) is 0 Å². The largest absolute Gasteiger partial charge is 0.0823 e. The third-order valence-corrected chi connectivity index (χ3v) is 2.75. The molecule has 30 valence electrons. The van der Waals surface area contributed by atoms with Crippen molar-refractivity contribution >= 4 is 22.6 Å². The predicted octanol–water partition coefficient (Wildman–Crippen LogP) is 1.83. The molecule has 0 aliphatic heterocycles. The number of hydrogen-bond donors (Lipinski definition) is 0. The molecule has 0 radical (unpaired) electrons. The van der Waals surface area contributed by atoms with Crippen molar-refractivity contribution in [3.8, 4) is 0 Å². The molecule has 0 N–H and O–H groups in total. The Hall–Kier alpha value is 0.730. The molecule has 1 saturated carbocycles. The van der Waals surface area contributed by atoms with E-state index in [4.69, 9.17) is 0 Å². The molecule has 1 rings (SSSR count). The Morgan fingerprint density at radius 1 is 1.80 bits per heavy atom. The molecule has 1 unspecified atom stereocenters. The topological polar surface area (TPSA) is 0 Å². The fourth-order valence-corrected chi connectivity index (χ4v) is 1.08. The third kappa shape index (κ3) is 0.778. The van der Waals surface area contributed by atoms with E-state index in [9.17, 15) is 0 Å². The molecule has 1 aliphatic rings. The second-order valence-corrected chi connectivity index (χ2v) is 3.33. The Morgan fingerprint density at radius 2 is 2.00 bits per heavy atom. The highest BCUT2D eigenvalue weighted by Gasteiger charge is 2.28. The van der Waals surface area contributed by atoms with Gasteiger partial charge in [-0.15, -0.1) is 0 Å². The Balaban J connectivity index is 2.20. The molecule has 1 fully saturated rings. The summed E-state index contributed by atoms with van der Waals surface area (Å²) in [5.41, 5.74) is 0. The smallest absolute Gasteiger partial charge is 0.0138 e. The fourth-order valence-electron chi connectivity index (χ4n) is 0.277. The monoisotopic (exact) mass is 182 g/mol. The summed E-state index contributed by atoms with van der Waals surface area (Å²) in [6.07, 6.45) is 1.46. The maximum atomic E-state index is 2.48. The Kier molecular flexibility index (Phi) is 0.860. The zero-order valence-corrected chi connectivity index (χ0v) is 5.40. The lowest BCUT2D eigenvalue weighted by Crippen LogP contribution is -1.59. The van der Waals surface area contributed by atoms with Gasteiger partial charge in [-0.2, -0.15) is 0 Å². The van der Waals surface area contributed by atoms with Crippen LogP contribution >= 0.6 is 22.6 Å². The molecule has 0 aromatic rings. The second kappa shape index (κ2) is 1.10. The summed E-state index contributed by atoms with van der Waals surface area (Å²) in [5.74, 6) is 1.04. The van der Waals surface area contributed by atoms with Crippen molar-refractivity contribution < 1.29 is 0 Å². The highest BCUT2D eigenvalue weighted by molar-refractivity contribution is 14.1. The summed E-state index contributed by atoms with van der Waals surface area (Å²) in [5, 5.41) is 0. The number of halogens is 1. The number of alkyl halides is 1. The van der Waals surface area contributed by atoms with Crippen LogP contribution in [0.4, 0.5) is 0 Å². The van der Waals surface area contributed by atoms with Crippen LogP contribution in [0.3, 0.4) is 0 Å². The SMILES string of the molecule is C[C@@H]1CC1I. The van der Waals surface area contributed by atoms with Crippen LogP contribution in [0.25, 0.3) is 0 Å². The van der Waals surface area contributed by atoms with Crippen molar-refractivity contribution in [3.63, 3.8) is 0 Å². The Bertz CT molecular complexity index is 36.9. The van der Waals surface area contributed by atoms with E-state index in [0.717, 1.165) is 9.84 Å². The maximum Gasteiger partial charge on any atom is 0.0138 e. The molecule has 0 amide bonds. The summed E-state index contributed by atoms with van der Waals surface area (Å²) < 4.78 is 1.02.